The molecule has 144 valence electrons. The van der Waals surface area contributed by atoms with E-state index in [1.54, 1.807) is 38.3 Å². The summed E-state index contributed by atoms with van der Waals surface area (Å²) >= 11 is 0. The predicted molar refractivity (Wildman–Crippen MR) is 95.2 cm³/mol. The highest BCUT2D eigenvalue weighted by Gasteiger charge is 2.36. The minimum Gasteiger partial charge on any atom is -0.491 e. The number of benzene rings is 1. The summed E-state index contributed by atoms with van der Waals surface area (Å²) in [5.74, 6) is -0.699. The molecule has 1 aromatic heterocycles. The average molecular weight is 374 g/mol. The van der Waals surface area contributed by atoms with Gasteiger partial charge in [-0.2, -0.15) is 9.90 Å². The zero-order valence-corrected chi connectivity index (χ0v) is 15.3. The van der Waals surface area contributed by atoms with E-state index in [0.717, 1.165) is 0 Å². The van der Waals surface area contributed by atoms with Gasteiger partial charge >= 0.3 is 5.97 Å². The lowest BCUT2D eigenvalue weighted by atomic mass is 10.2. The van der Waals surface area contributed by atoms with Crippen molar-refractivity contribution in [1.29, 1.82) is 0 Å². The molecule has 3 rings (SSSR count). The number of carboxylic acids is 1. The molecule has 0 spiro atoms. The Bertz CT molecular complexity index is 818. The second-order valence-corrected chi connectivity index (χ2v) is 6.25. The first kappa shape index (κ1) is 18.8. The monoisotopic (exact) mass is 374 g/mol. The van der Waals surface area contributed by atoms with Gasteiger partial charge in [-0.05, 0) is 44.0 Å². The van der Waals surface area contributed by atoms with Gasteiger partial charge in [0.2, 0.25) is 0 Å². The van der Waals surface area contributed by atoms with E-state index >= 15 is 0 Å². The molecule has 0 aliphatic carbocycles. The first-order valence-electron chi connectivity index (χ1n) is 8.71. The van der Waals surface area contributed by atoms with Crippen LogP contribution in [-0.4, -0.2) is 69.8 Å². The highest BCUT2D eigenvalue weighted by molar-refractivity contribution is 5.96. The zero-order chi connectivity index (χ0) is 19.4. The summed E-state index contributed by atoms with van der Waals surface area (Å²) in [4.78, 5) is 26.8. The lowest BCUT2D eigenvalue weighted by Gasteiger charge is -2.20. The molecule has 1 saturated heterocycles. The minimum absolute atomic E-state index is 0.170. The Morgan fingerprint density at radius 2 is 1.96 bits per heavy atom. The van der Waals surface area contributed by atoms with Crippen LogP contribution in [-0.2, 0) is 9.53 Å². The third-order valence-corrected chi connectivity index (χ3v) is 4.41. The van der Waals surface area contributed by atoms with E-state index in [1.807, 2.05) is 0 Å². The van der Waals surface area contributed by atoms with Crippen molar-refractivity contribution in [3.05, 3.63) is 35.7 Å². The van der Waals surface area contributed by atoms with E-state index in [4.69, 9.17) is 9.47 Å². The van der Waals surface area contributed by atoms with Crippen LogP contribution in [0.3, 0.4) is 0 Å². The van der Waals surface area contributed by atoms with Gasteiger partial charge in [-0.1, -0.05) is 0 Å². The molecule has 2 heterocycles. The molecule has 0 saturated carbocycles. The summed E-state index contributed by atoms with van der Waals surface area (Å²) in [6.07, 6.45) is 1.12. The van der Waals surface area contributed by atoms with Crippen LogP contribution in [0.5, 0.6) is 5.75 Å². The molecule has 1 aromatic carbocycles. The first-order valence-corrected chi connectivity index (χ1v) is 8.71. The number of ether oxygens (including phenoxy) is 2. The molecule has 1 amide bonds. The minimum atomic E-state index is -0.991. The van der Waals surface area contributed by atoms with Crippen LogP contribution in [0.2, 0.25) is 0 Å². The van der Waals surface area contributed by atoms with Crippen molar-refractivity contribution in [2.75, 3.05) is 26.9 Å². The molecule has 1 atom stereocenters. The van der Waals surface area contributed by atoms with E-state index in [0.29, 0.717) is 49.7 Å². The lowest BCUT2D eigenvalue weighted by molar-refractivity contribution is -0.141. The zero-order valence-electron chi connectivity index (χ0n) is 15.3. The Labute approximate surface area is 156 Å². The third-order valence-electron chi connectivity index (χ3n) is 4.41. The number of carbonyl (C=O) groups excluding carboxylic acids is 1. The lowest BCUT2D eigenvalue weighted by Crippen LogP contribution is -2.40. The summed E-state index contributed by atoms with van der Waals surface area (Å²) < 4.78 is 10.5. The first-order chi connectivity index (χ1) is 13.0. The normalized spacial score (nSPS) is 16.5. The van der Waals surface area contributed by atoms with E-state index in [9.17, 15) is 14.7 Å². The number of likely N-dealkylation sites (tertiary alicyclic amines) is 1. The number of rotatable bonds is 7. The highest BCUT2D eigenvalue weighted by Crippen LogP contribution is 2.21. The van der Waals surface area contributed by atoms with Gasteiger partial charge in [0.1, 0.15) is 18.4 Å². The standard InChI is InChI=1S/C18H22N4O5/c1-12-16(17(23)21-9-3-4-15(21)18(24)25)20-22(19-12)13-5-7-14(8-6-13)27-11-10-26-2/h5-8,15H,3-4,9-11H2,1-2H3,(H,24,25)/t15-/m1/s1. The van der Waals surface area contributed by atoms with Gasteiger partial charge in [0, 0.05) is 13.7 Å². The summed E-state index contributed by atoms with van der Waals surface area (Å²) in [5, 5.41) is 17.9. The SMILES string of the molecule is COCCOc1ccc(-n2nc(C)c(C(=O)N3CCC[C@@H]3C(=O)O)n2)cc1. The largest absolute Gasteiger partial charge is 0.491 e. The van der Waals surface area contributed by atoms with Gasteiger partial charge in [0.05, 0.1) is 18.0 Å². The van der Waals surface area contributed by atoms with Gasteiger partial charge in [0.25, 0.3) is 5.91 Å². The molecular weight excluding hydrogens is 352 g/mol. The molecule has 27 heavy (non-hydrogen) atoms. The third kappa shape index (κ3) is 4.08. The number of hydrogen-bond donors (Lipinski definition) is 1. The fourth-order valence-electron chi connectivity index (χ4n) is 3.01. The molecule has 9 nitrogen and oxygen atoms in total. The van der Waals surface area contributed by atoms with Crippen molar-refractivity contribution in [2.24, 2.45) is 0 Å². The number of amides is 1. The van der Waals surface area contributed by atoms with Crippen molar-refractivity contribution in [3.63, 3.8) is 0 Å². The Balaban J connectivity index is 1.76. The molecule has 0 unspecified atom stereocenters. The Morgan fingerprint density at radius 1 is 1.22 bits per heavy atom. The number of aryl methyl sites for hydroxylation is 1. The number of hydrogen-bond acceptors (Lipinski definition) is 6. The van der Waals surface area contributed by atoms with Gasteiger partial charge in [-0.25, -0.2) is 4.79 Å². The predicted octanol–water partition coefficient (Wildman–Crippen LogP) is 1.29. The average Bonchev–Trinajstić information content (AvgIpc) is 3.29. The molecule has 0 radical (unpaired) electrons. The van der Waals surface area contributed by atoms with Crippen molar-refractivity contribution in [3.8, 4) is 11.4 Å². The van der Waals surface area contributed by atoms with Crippen LogP contribution < -0.4 is 4.74 Å². The molecule has 1 aliphatic heterocycles. The quantitative estimate of drug-likeness (QED) is 0.728. The van der Waals surface area contributed by atoms with Crippen LogP contribution in [0.15, 0.2) is 24.3 Å². The maximum atomic E-state index is 12.7. The van der Waals surface area contributed by atoms with E-state index < -0.39 is 17.9 Å². The molecule has 0 bridgehead atoms. The van der Waals surface area contributed by atoms with Crippen molar-refractivity contribution in [2.45, 2.75) is 25.8 Å². The van der Waals surface area contributed by atoms with Gasteiger partial charge in [-0.3, -0.25) is 4.79 Å². The van der Waals surface area contributed by atoms with Crippen LogP contribution in [0.1, 0.15) is 29.0 Å². The van der Waals surface area contributed by atoms with E-state index in [-0.39, 0.29) is 5.69 Å². The Hall–Kier alpha value is -2.94. The van der Waals surface area contributed by atoms with Crippen LogP contribution in [0.25, 0.3) is 5.69 Å². The maximum Gasteiger partial charge on any atom is 0.326 e. The number of carbonyl (C=O) groups is 2. The van der Waals surface area contributed by atoms with Crippen molar-refractivity contribution in [1.82, 2.24) is 19.9 Å². The van der Waals surface area contributed by atoms with Crippen LogP contribution in [0, 0.1) is 6.92 Å². The maximum absolute atomic E-state index is 12.7. The topological polar surface area (TPSA) is 107 Å². The molecule has 1 fully saturated rings. The second kappa shape index (κ2) is 8.17. The number of carboxylic acid groups (broad SMARTS) is 1. The smallest absolute Gasteiger partial charge is 0.326 e. The fraction of sp³-hybridized carbons (Fsp3) is 0.444. The van der Waals surface area contributed by atoms with Crippen LogP contribution in [0.4, 0.5) is 0 Å². The number of aliphatic carboxylic acids is 1. The van der Waals surface area contributed by atoms with Crippen LogP contribution >= 0.6 is 0 Å². The molecule has 2 aromatic rings. The summed E-state index contributed by atoms with van der Waals surface area (Å²) in [5.41, 5.74) is 1.30. The van der Waals surface area contributed by atoms with Crippen molar-refractivity contribution >= 4 is 11.9 Å². The summed E-state index contributed by atoms with van der Waals surface area (Å²) in [6, 6.07) is 6.33. The van der Waals surface area contributed by atoms with Gasteiger partial charge in [-0.15, -0.1) is 5.10 Å². The highest BCUT2D eigenvalue weighted by atomic mass is 16.5. The van der Waals surface area contributed by atoms with Gasteiger partial charge < -0.3 is 19.5 Å². The summed E-state index contributed by atoms with van der Waals surface area (Å²) in [7, 11) is 1.61. The van der Waals surface area contributed by atoms with E-state index in [2.05, 4.69) is 10.2 Å². The van der Waals surface area contributed by atoms with E-state index in [1.165, 1.54) is 9.70 Å². The number of nitrogens with zero attached hydrogens (tertiary/aromatic N) is 4. The van der Waals surface area contributed by atoms with Gasteiger partial charge in [0.15, 0.2) is 5.69 Å². The fourth-order valence-corrected chi connectivity index (χ4v) is 3.01. The molecular formula is C18H22N4O5. The Morgan fingerprint density at radius 3 is 2.63 bits per heavy atom. The molecule has 9 heteroatoms. The summed E-state index contributed by atoms with van der Waals surface area (Å²) in [6.45, 7) is 3.05. The molecule has 1 N–H and O–H groups in total. The number of methoxy groups -OCH3 is 1. The Kier molecular flexibility index (Phi) is 5.70. The number of aromatic nitrogens is 3. The van der Waals surface area contributed by atoms with Crippen molar-refractivity contribution < 1.29 is 24.2 Å². The second-order valence-electron chi connectivity index (χ2n) is 6.25. The molecule has 1 aliphatic rings.